The second-order valence-electron chi connectivity index (χ2n) is 6.26. The molecule has 1 aliphatic carbocycles. The first-order valence-electron chi connectivity index (χ1n) is 7.77. The fourth-order valence-electron chi connectivity index (χ4n) is 3.67. The second kappa shape index (κ2) is 5.51. The standard InChI is InChI=1S/C17H22N2O2/c1-11-7-6-10-14(11)19-15(13-8-4-3-5-9-13)16(20)18-12(2)17(19)21/h3-5,8-9,11-12,14-15H,6-7,10H2,1-2H3,(H,18,20). The normalized spacial score (nSPS) is 33.1. The maximum Gasteiger partial charge on any atom is 0.248 e. The number of nitrogens with zero attached hydrogens (tertiary/aromatic N) is 1. The van der Waals surface area contributed by atoms with E-state index >= 15 is 0 Å². The van der Waals surface area contributed by atoms with Crippen molar-refractivity contribution in [2.24, 2.45) is 5.92 Å². The molecule has 1 aromatic rings. The molecule has 1 saturated heterocycles. The fourth-order valence-corrected chi connectivity index (χ4v) is 3.67. The molecule has 2 amide bonds. The summed E-state index contributed by atoms with van der Waals surface area (Å²) in [6.07, 6.45) is 3.26. The van der Waals surface area contributed by atoms with E-state index in [1.165, 1.54) is 0 Å². The Balaban J connectivity index is 2.00. The zero-order valence-corrected chi connectivity index (χ0v) is 12.6. The Labute approximate surface area is 125 Å². The molecule has 4 atom stereocenters. The van der Waals surface area contributed by atoms with Crippen molar-refractivity contribution >= 4 is 11.8 Å². The van der Waals surface area contributed by atoms with Crippen LogP contribution in [-0.2, 0) is 9.59 Å². The SMILES string of the molecule is CC1NC(=O)C(c2ccccc2)N(C2CCCC2C)C1=O. The highest BCUT2D eigenvalue weighted by Gasteiger charge is 2.45. The first-order valence-corrected chi connectivity index (χ1v) is 7.77. The molecule has 0 spiro atoms. The van der Waals surface area contributed by atoms with Crippen molar-refractivity contribution in [3.63, 3.8) is 0 Å². The van der Waals surface area contributed by atoms with Crippen LogP contribution < -0.4 is 5.32 Å². The number of rotatable bonds is 2. The summed E-state index contributed by atoms with van der Waals surface area (Å²) in [5.74, 6) is 0.438. The molecule has 1 saturated carbocycles. The van der Waals surface area contributed by atoms with Gasteiger partial charge in [-0.05, 0) is 31.2 Å². The van der Waals surface area contributed by atoms with E-state index in [-0.39, 0.29) is 17.9 Å². The Morgan fingerprint density at radius 1 is 1.10 bits per heavy atom. The molecule has 2 fully saturated rings. The van der Waals surface area contributed by atoms with Gasteiger partial charge in [-0.2, -0.15) is 0 Å². The van der Waals surface area contributed by atoms with Crippen molar-refractivity contribution in [2.45, 2.75) is 51.2 Å². The summed E-state index contributed by atoms with van der Waals surface area (Å²) in [5.41, 5.74) is 0.898. The van der Waals surface area contributed by atoms with Crippen LogP contribution in [0.1, 0.15) is 44.7 Å². The molecule has 4 unspecified atom stereocenters. The third-order valence-electron chi connectivity index (χ3n) is 4.80. The van der Waals surface area contributed by atoms with Crippen LogP contribution >= 0.6 is 0 Å². The molecule has 3 rings (SSSR count). The monoisotopic (exact) mass is 286 g/mol. The van der Waals surface area contributed by atoms with Crippen molar-refractivity contribution in [1.82, 2.24) is 10.2 Å². The van der Waals surface area contributed by atoms with E-state index in [2.05, 4.69) is 12.2 Å². The first-order chi connectivity index (χ1) is 10.1. The minimum Gasteiger partial charge on any atom is -0.342 e. The number of piperazine rings is 1. The molecule has 2 aliphatic rings. The first kappa shape index (κ1) is 14.1. The number of hydrogen-bond donors (Lipinski definition) is 1. The molecule has 1 aliphatic heterocycles. The van der Waals surface area contributed by atoms with E-state index in [0.717, 1.165) is 24.8 Å². The van der Waals surface area contributed by atoms with Crippen LogP contribution in [0.5, 0.6) is 0 Å². The number of hydrogen-bond acceptors (Lipinski definition) is 2. The Hall–Kier alpha value is -1.84. The van der Waals surface area contributed by atoms with E-state index in [4.69, 9.17) is 0 Å². The molecule has 0 aromatic heterocycles. The minimum absolute atomic E-state index is 0.0437. The highest BCUT2D eigenvalue weighted by atomic mass is 16.2. The average molecular weight is 286 g/mol. The highest BCUT2D eigenvalue weighted by molar-refractivity contribution is 5.97. The highest BCUT2D eigenvalue weighted by Crippen LogP contribution is 2.37. The molecular formula is C17H22N2O2. The lowest BCUT2D eigenvalue weighted by Gasteiger charge is -2.43. The van der Waals surface area contributed by atoms with Crippen LogP contribution in [-0.4, -0.2) is 28.8 Å². The molecule has 1 heterocycles. The Morgan fingerprint density at radius 2 is 1.81 bits per heavy atom. The van der Waals surface area contributed by atoms with Gasteiger partial charge in [-0.3, -0.25) is 9.59 Å². The molecular weight excluding hydrogens is 264 g/mol. The van der Waals surface area contributed by atoms with Crippen LogP contribution in [0.3, 0.4) is 0 Å². The molecule has 4 heteroatoms. The average Bonchev–Trinajstić information content (AvgIpc) is 2.89. The smallest absolute Gasteiger partial charge is 0.248 e. The number of carbonyl (C=O) groups excluding carboxylic acids is 2. The van der Waals surface area contributed by atoms with E-state index < -0.39 is 12.1 Å². The predicted molar refractivity (Wildman–Crippen MR) is 80.4 cm³/mol. The van der Waals surface area contributed by atoms with Crippen molar-refractivity contribution in [2.75, 3.05) is 0 Å². The topological polar surface area (TPSA) is 49.4 Å². The van der Waals surface area contributed by atoms with Gasteiger partial charge in [0.05, 0.1) is 0 Å². The Morgan fingerprint density at radius 3 is 2.43 bits per heavy atom. The molecule has 112 valence electrons. The van der Waals surface area contributed by atoms with Gasteiger partial charge in [-0.1, -0.05) is 43.7 Å². The largest absolute Gasteiger partial charge is 0.342 e. The number of nitrogens with one attached hydrogen (secondary N) is 1. The lowest BCUT2D eigenvalue weighted by atomic mass is 9.94. The summed E-state index contributed by atoms with van der Waals surface area (Å²) in [6, 6.07) is 8.89. The van der Waals surface area contributed by atoms with E-state index in [1.807, 2.05) is 35.2 Å². The summed E-state index contributed by atoms with van der Waals surface area (Å²) in [6.45, 7) is 3.96. The van der Waals surface area contributed by atoms with Gasteiger partial charge in [0, 0.05) is 6.04 Å². The number of amides is 2. The van der Waals surface area contributed by atoms with Gasteiger partial charge in [-0.15, -0.1) is 0 Å². The summed E-state index contributed by atoms with van der Waals surface area (Å²) in [5, 5.41) is 2.82. The minimum atomic E-state index is -0.486. The molecule has 21 heavy (non-hydrogen) atoms. The van der Waals surface area contributed by atoms with Gasteiger partial charge in [0.25, 0.3) is 0 Å². The lowest BCUT2D eigenvalue weighted by Crippen LogP contribution is -2.61. The van der Waals surface area contributed by atoms with Gasteiger partial charge < -0.3 is 10.2 Å². The summed E-state index contributed by atoms with van der Waals surface area (Å²) < 4.78 is 0. The maximum atomic E-state index is 12.7. The second-order valence-corrected chi connectivity index (χ2v) is 6.26. The van der Waals surface area contributed by atoms with Crippen LogP contribution in [0.2, 0.25) is 0 Å². The molecule has 0 radical (unpaired) electrons. The van der Waals surface area contributed by atoms with Crippen LogP contribution in [0.25, 0.3) is 0 Å². The van der Waals surface area contributed by atoms with E-state index in [1.54, 1.807) is 6.92 Å². The van der Waals surface area contributed by atoms with Crippen LogP contribution in [0.15, 0.2) is 30.3 Å². The zero-order chi connectivity index (χ0) is 15.0. The van der Waals surface area contributed by atoms with Crippen molar-refractivity contribution in [3.05, 3.63) is 35.9 Å². The van der Waals surface area contributed by atoms with E-state index in [0.29, 0.717) is 5.92 Å². The van der Waals surface area contributed by atoms with Gasteiger partial charge in [0.2, 0.25) is 11.8 Å². The Bertz CT molecular complexity index is 543. The third-order valence-corrected chi connectivity index (χ3v) is 4.80. The molecule has 0 bridgehead atoms. The van der Waals surface area contributed by atoms with Crippen molar-refractivity contribution in [3.8, 4) is 0 Å². The lowest BCUT2D eigenvalue weighted by molar-refractivity contribution is -0.152. The summed E-state index contributed by atoms with van der Waals surface area (Å²) in [7, 11) is 0. The number of carbonyl (C=O) groups is 2. The van der Waals surface area contributed by atoms with Gasteiger partial charge >= 0.3 is 0 Å². The van der Waals surface area contributed by atoms with Gasteiger partial charge in [0.15, 0.2) is 0 Å². The fraction of sp³-hybridized carbons (Fsp3) is 0.529. The third kappa shape index (κ3) is 2.43. The van der Waals surface area contributed by atoms with Crippen LogP contribution in [0.4, 0.5) is 0 Å². The summed E-state index contributed by atoms with van der Waals surface area (Å²) >= 11 is 0. The predicted octanol–water partition coefficient (Wildman–Crippen LogP) is 2.26. The van der Waals surface area contributed by atoms with Gasteiger partial charge in [0.1, 0.15) is 12.1 Å². The Kier molecular flexibility index (Phi) is 3.70. The number of benzene rings is 1. The quantitative estimate of drug-likeness (QED) is 0.906. The molecule has 1 N–H and O–H groups in total. The van der Waals surface area contributed by atoms with Crippen LogP contribution in [0, 0.1) is 5.92 Å². The molecule has 4 nitrogen and oxygen atoms in total. The molecule has 1 aromatic carbocycles. The maximum absolute atomic E-state index is 12.7. The summed E-state index contributed by atoms with van der Waals surface area (Å²) in [4.78, 5) is 27.1. The van der Waals surface area contributed by atoms with Crippen molar-refractivity contribution < 1.29 is 9.59 Å². The van der Waals surface area contributed by atoms with E-state index in [9.17, 15) is 9.59 Å². The van der Waals surface area contributed by atoms with Crippen molar-refractivity contribution in [1.29, 1.82) is 0 Å². The van der Waals surface area contributed by atoms with Gasteiger partial charge in [-0.25, -0.2) is 0 Å². The zero-order valence-electron chi connectivity index (χ0n) is 12.6.